The number of hydrogen-bond donors (Lipinski definition) is 3. The largest absolute Gasteiger partial charge is 0.370 e. The summed E-state index contributed by atoms with van der Waals surface area (Å²) < 4.78 is 2.33. The third-order valence-electron chi connectivity index (χ3n) is 8.68. The lowest BCUT2D eigenvalue weighted by atomic mass is 10.0. The minimum absolute atomic E-state index is 0.0225. The van der Waals surface area contributed by atoms with Gasteiger partial charge in [-0.05, 0) is 94.5 Å². The number of anilines is 1. The predicted molar refractivity (Wildman–Crippen MR) is 174 cm³/mol. The summed E-state index contributed by atoms with van der Waals surface area (Å²) in [6, 6.07) is 19.7. The van der Waals surface area contributed by atoms with E-state index in [1.165, 1.54) is 36.9 Å². The number of nitrogens with two attached hydrogens (primary N) is 1. The lowest BCUT2D eigenvalue weighted by molar-refractivity contribution is -0.118. The molecule has 1 aliphatic heterocycles. The number of benzene rings is 3. The number of imidazole rings is 1. The van der Waals surface area contributed by atoms with Crippen LogP contribution in [-0.4, -0.2) is 45.5 Å². The molecule has 8 heteroatoms. The fraction of sp³-hybridized carbons (Fsp3) is 0.400. The van der Waals surface area contributed by atoms with E-state index in [4.69, 9.17) is 10.7 Å². The lowest BCUT2D eigenvalue weighted by Gasteiger charge is -2.33. The molecule has 43 heavy (non-hydrogen) atoms. The number of urea groups is 1. The minimum atomic E-state index is -0.596. The van der Waals surface area contributed by atoms with E-state index in [-0.39, 0.29) is 6.42 Å². The Bertz CT molecular complexity index is 1610. The van der Waals surface area contributed by atoms with Gasteiger partial charge in [0.05, 0.1) is 23.5 Å². The van der Waals surface area contributed by atoms with Gasteiger partial charge in [-0.1, -0.05) is 48.4 Å². The van der Waals surface area contributed by atoms with Crippen molar-refractivity contribution in [2.75, 3.05) is 18.4 Å². The van der Waals surface area contributed by atoms with Crippen LogP contribution in [0.25, 0.3) is 22.4 Å². The van der Waals surface area contributed by atoms with E-state index >= 15 is 0 Å². The van der Waals surface area contributed by atoms with Gasteiger partial charge in [0.2, 0.25) is 5.91 Å². The van der Waals surface area contributed by atoms with Crippen LogP contribution < -0.4 is 16.4 Å². The number of rotatable bonds is 10. The SMILES string of the molecule is Cc1ccc(C)c(-c2nc3cc(C(CC(N)=O)NC(=O)Nc4ccccc4C)ccc3n2CCCN2CCCCC2C)c1. The molecular weight excluding hydrogens is 536 g/mol. The molecule has 0 spiro atoms. The topological polar surface area (TPSA) is 105 Å². The molecule has 3 aromatic carbocycles. The number of nitrogens with zero attached hydrogens (tertiary/aromatic N) is 3. The molecule has 0 aliphatic carbocycles. The monoisotopic (exact) mass is 580 g/mol. The van der Waals surface area contributed by atoms with E-state index in [9.17, 15) is 9.59 Å². The zero-order chi connectivity index (χ0) is 30.5. The molecule has 1 aliphatic rings. The summed E-state index contributed by atoms with van der Waals surface area (Å²) in [5, 5.41) is 5.85. The molecule has 0 saturated carbocycles. The first-order valence-electron chi connectivity index (χ1n) is 15.4. The molecule has 1 saturated heterocycles. The first-order valence-corrected chi connectivity index (χ1v) is 15.4. The number of hydrogen-bond acceptors (Lipinski definition) is 4. The number of nitrogens with one attached hydrogen (secondary N) is 2. The molecule has 4 aromatic rings. The first kappa shape index (κ1) is 30.3. The Balaban J connectivity index is 1.46. The third kappa shape index (κ3) is 7.25. The molecule has 1 fully saturated rings. The number of amides is 3. The van der Waals surface area contributed by atoms with Crippen LogP contribution >= 0.6 is 0 Å². The van der Waals surface area contributed by atoms with Crippen molar-refractivity contribution in [2.24, 2.45) is 5.73 Å². The zero-order valence-electron chi connectivity index (χ0n) is 25.8. The van der Waals surface area contributed by atoms with E-state index in [0.717, 1.165) is 53.1 Å². The van der Waals surface area contributed by atoms with Crippen LogP contribution in [-0.2, 0) is 11.3 Å². The second-order valence-corrected chi connectivity index (χ2v) is 12.0. The van der Waals surface area contributed by atoms with Crippen molar-refractivity contribution in [3.05, 3.63) is 82.9 Å². The van der Waals surface area contributed by atoms with Crippen LogP contribution in [0.3, 0.4) is 0 Å². The van der Waals surface area contributed by atoms with Gasteiger partial charge in [-0.25, -0.2) is 9.78 Å². The number of aryl methyl sites for hydroxylation is 4. The number of para-hydroxylation sites is 1. The van der Waals surface area contributed by atoms with Crippen molar-refractivity contribution >= 4 is 28.7 Å². The van der Waals surface area contributed by atoms with Crippen LogP contribution in [0, 0.1) is 20.8 Å². The Morgan fingerprint density at radius 2 is 1.81 bits per heavy atom. The number of primary amides is 1. The van der Waals surface area contributed by atoms with Crippen LogP contribution in [0.5, 0.6) is 0 Å². The summed E-state index contributed by atoms with van der Waals surface area (Å²) in [6.07, 6.45) is 4.88. The fourth-order valence-electron chi connectivity index (χ4n) is 6.18. The lowest BCUT2D eigenvalue weighted by Crippen LogP contribution is -2.38. The Kier molecular flexibility index (Phi) is 9.46. The smallest absolute Gasteiger partial charge is 0.319 e. The van der Waals surface area contributed by atoms with Gasteiger partial charge in [0.15, 0.2) is 0 Å². The number of carbonyl (C=O) groups is 2. The zero-order valence-corrected chi connectivity index (χ0v) is 25.8. The molecule has 4 N–H and O–H groups in total. The van der Waals surface area contributed by atoms with Crippen molar-refractivity contribution in [2.45, 2.75) is 78.4 Å². The van der Waals surface area contributed by atoms with Crippen LogP contribution in [0.15, 0.2) is 60.7 Å². The maximum atomic E-state index is 13.0. The van der Waals surface area contributed by atoms with Crippen molar-refractivity contribution < 1.29 is 9.59 Å². The average Bonchev–Trinajstić information content (AvgIpc) is 3.33. The Morgan fingerprint density at radius 1 is 1.00 bits per heavy atom. The summed E-state index contributed by atoms with van der Waals surface area (Å²) in [5.74, 6) is 0.451. The van der Waals surface area contributed by atoms with Gasteiger partial charge in [0.1, 0.15) is 5.82 Å². The van der Waals surface area contributed by atoms with Crippen molar-refractivity contribution in [3.63, 3.8) is 0 Å². The molecule has 0 bridgehead atoms. The van der Waals surface area contributed by atoms with Crippen LogP contribution in [0.1, 0.15) is 67.3 Å². The molecule has 8 nitrogen and oxygen atoms in total. The van der Waals surface area contributed by atoms with E-state index in [0.29, 0.717) is 11.7 Å². The van der Waals surface area contributed by atoms with E-state index in [1.54, 1.807) is 0 Å². The molecule has 5 rings (SSSR count). The highest BCUT2D eigenvalue weighted by Gasteiger charge is 2.22. The quantitative estimate of drug-likeness (QED) is 0.196. The average molecular weight is 581 g/mol. The first-order chi connectivity index (χ1) is 20.7. The molecular formula is C35H44N6O2. The normalized spacial score (nSPS) is 16.2. The summed E-state index contributed by atoms with van der Waals surface area (Å²) in [4.78, 5) is 32.8. The molecule has 2 unspecified atom stereocenters. The Labute approximate surface area is 254 Å². The fourth-order valence-corrected chi connectivity index (χ4v) is 6.18. The van der Waals surface area contributed by atoms with Gasteiger partial charge < -0.3 is 25.8 Å². The van der Waals surface area contributed by atoms with Gasteiger partial charge >= 0.3 is 6.03 Å². The molecule has 1 aromatic heterocycles. The maximum absolute atomic E-state index is 13.0. The highest BCUT2D eigenvalue weighted by molar-refractivity contribution is 5.91. The van der Waals surface area contributed by atoms with E-state index < -0.39 is 18.0 Å². The number of fused-ring (bicyclic) bond motifs is 1. The van der Waals surface area contributed by atoms with Gasteiger partial charge in [0.25, 0.3) is 0 Å². The maximum Gasteiger partial charge on any atom is 0.319 e. The number of likely N-dealkylation sites (tertiary alicyclic amines) is 1. The van der Waals surface area contributed by atoms with Crippen molar-refractivity contribution in [3.8, 4) is 11.4 Å². The van der Waals surface area contributed by atoms with Crippen molar-refractivity contribution in [1.82, 2.24) is 19.8 Å². The van der Waals surface area contributed by atoms with Crippen molar-refractivity contribution in [1.29, 1.82) is 0 Å². The standard InChI is InChI=1S/C35H44N6O2/c1-23-13-14-24(2)28(20-23)34-37-31-21-27(15-16-32(31)41(34)19-9-18-40-17-8-7-11-26(40)4)30(22-33(36)42)39-35(43)38-29-12-6-5-10-25(29)3/h5-6,10,12-16,20-21,26,30H,7-9,11,17-19,22H2,1-4H3,(H2,36,42)(H2,38,39,43). The van der Waals surface area contributed by atoms with Gasteiger partial charge in [0, 0.05) is 30.4 Å². The minimum Gasteiger partial charge on any atom is -0.370 e. The van der Waals surface area contributed by atoms with Crippen LogP contribution in [0.4, 0.5) is 10.5 Å². The second-order valence-electron chi connectivity index (χ2n) is 12.0. The molecule has 3 amide bonds. The van der Waals surface area contributed by atoms with E-state index in [2.05, 4.69) is 65.1 Å². The summed E-state index contributed by atoms with van der Waals surface area (Å²) in [5.41, 5.74) is 13.4. The second kappa shape index (κ2) is 13.4. The molecule has 2 heterocycles. The Hall–Kier alpha value is -4.17. The number of aromatic nitrogens is 2. The van der Waals surface area contributed by atoms with Gasteiger partial charge in [-0.2, -0.15) is 0 Å². The Morgan fingerprint density at radius 3 is 2.58 bits per heavy atom. The molecule has 0 radical (unpaired) electrons. The number of carbonyl (C=O) groups excluding carboxylic acids is 2. The summed E-state index contributed by atoms with van der Waals surface area (Å²) >= 11 is 0. The highest BCUT2D eigenvalue weighted by Crippen LogP contribution is 2.31. The predicted octanol–water partition coefficient (Wildman–Crippen LogP) is 6.63. The number of piperidine rings is 1. The van der Waals surface area contributed by atoms with Crippen LogP contribution in [0.2, 0.25) is 0 Å². The third-order valence-corrected chi connectivity index (χ3v) is 8.68. The van der Waals surface area contributed by atoms with E-state index in [1.807, 2.05) is 43.3 Å². The molecule has 2 atom stereocenters. The summed E-state index contributed by atoms with van der Waals surface area (Å²) in [7, 11) is 0. The van der Waals surface area contributed by atoms with Gasteiger partial charge in [-0.3, -0.25) is 4.79 Å². The molecule has 226 valence electrons. The highest BCUT2D eigenvalue weighted by atomic mass is 16.2. The van der Waals surface area contributed by atoms with Gasteiger partial charge in [-0.15, -0.1) is 0 Å². The summed E-state index contributed by atoms with van der Waals surface area (Å²) in [6.45, 7) is 11.6.